The number of methoxy groups -OCH3 is 1. The molecule has 0 bridgehead atoms. The van der Waals surface area contributed by atoms with E-state index in [1.807, 2.05) is 6.08 Å². The lowest BCUT2D eigenvalue weighted by molar-refractivity contribution is -0.141. The Labute approximate surface area is 249 Å². The van der Waals surface area contributed by atoms with Crippen molar-refractivity contribution in [2.45, 2.75) is 75.9 Å². The molecular weight excluding hydrogens is 631 g/mol. The Hall–Kier alpha value is -2.19. The summed E-state index contributed by atoms with van der Waals surface area (Å²) in [6.07, 6.45) is 5.61. The van der Waals surface area contributed by atoms with E-state index in [1.54, 1.807) is 23.1 Å². The van der Waals surface area contributed by atoms with E-state index in [-0.39, 0.29) is 38.2 Å². The van der Waals surface area contributed by atoms with Gasteiger partial charge in [-0.05, 0) is 78.5 Å². The second-order valence-electron chi connectivity index (χ2n) is 10.00. The molecule has 222 valence electrons. The molecule has 1 aromatic rings. The highest BCUT2D eigenvalue weighted by Gasteiger charge is 2.41. The van der Waals surface area contributed by atoms with Crippen LogP contribution in [-0.2, 0) is 20.9 Å². The molecular formula is C29H41IN2O8. The molecule has 0 aromatic heterocycles. The van der Waals surface area contributed by atoms with E-state index < -0.39 is 24.2 Å². The van der Waals surface area contributed by atoms with Gasteiger partial charge in [0, 0.05) is 38.1 Å². The molecule has 3 rings (SSSR count). The lowest BCUT2D eigenvalue weighted by Gasteiger charge is -2.41. The van der Waals surface area contributed by atoms with Gasteiger partial charge in [-0.1, -0.05) is 6.08 Å². The van der Waals surface area contributed by atoms with E-state index in [2.05, 4.69) is 34.5 Å². The van der Waals surface area contributed by atoms with Crippen LogP contribution in [0, 0.1) is 3.57 Å². The third-order valence-electron chi connectivity index (χ3n) is 7.13. The molecule has 1 aromatic carbocycles. The number of hydrogen-bond donors (Lipinski definition) is 4. The number of allylic oxidation sites excluding steroid dienone is 1. The Balaban J connectivity index is 1.95. The van der Waals surface area contributed by atoms with Crippen molar-refractivity contribution in [3.8, 4) is 11.5 Å². The lowest BCUT2D eigenvalue weighted by atomic mass is 9.87. The van der Waals surface area contributed by atoms with Crippen LogP contribution in [0.25, 0.3) is 0 Å². The van der Waals surface area contributed by atoms with Crippen LogP contribution in [0.1, 0.15) is 50.5 Å². The molecule has 0 saturated carbocycles. The van der Waals surface area contributed by atoms with Gasteiger partial charge in [0.2, 0.25) is 11.8 Å². The molecule has 10 nitrogen and oxygen atoms in total. The third kappa shape index (κ3) is 8.65. The van der Waals surface area contributed by atoms with Crippen molar-refractivity contribution in [1.29, 1.82) is 0 Å². The Morgan fingerprint density at radius 2 is 2.10 bits per heavy atom. The predicted octanol–water partition coefficient (Wildman–Crippen LogP) is 2.46. The lowest BCUT2D eigenvalue weighted by Crippen LogP contribution is -2.56. The quantitative estimate of drug-likeness (QED) is 0.127. The summed E-state index contributed by atoms with van der Waals surface area (Å²) in [6, 6.07) is 2.67. The topological polar surface area (TPSA) is 138 Å². The van der Waals surface area contributed by atoms with Crippen molar-refractivity contribution in [2.75, 3.05) is 33.4 Å². The number of aliphatic hydroxyl groups is 3. The van der Waals surface area contributed by atoms with Gasteiger partial charge in [-0.25, -0.2) is 0 Å². The Kier molecular flexibility index (Phi) is 13.2. The summed E-state index contributed by atoms with van der Waals surface area (Å²) < 4.78 is 18.3. The number of hydrogen-bond acceptors (Lipinski definition) is 8. The number of rotatable bonds is 15. The maximum Gasteiger partial charge on any atom is 0.247 e. The number of amides is 2. The van der Waals surface area contributed by atoms with E-state index in [4.69, 9.17) is 14.2 Å². The minimum Gasteiger partial charge on any atom is -0.493 e. The van der Waals surface area contributed by atoms with Crippen molar-refractivity contribution in [1.82, 2.24) is 10.2 Å². The molecule has 1 fully saturated rings. The highest BCUT2D eigenvalue weighted by molar-refractivity contribution is 14.1. The number of carbonyl (C=O) groups excluding carboxylic acids is 2. The van der Waals surface area contributed by atoms with Gasteiger partial charge in [0.15, 0.2) is 11.5 Å². The molecule has 1 saturated heterocycles. The average Bonchev–Trinajstić information content (AvgIpc) is 3.48. The van der Waals surface area contributed by atoms with Gasteiger partial charge in [0.05, 0.1) is 36.0 Å². The number of halogens is 1. The maximum absolute atomic E-state index is 13.6. The number of ether oxygens (including phenoxy) is 3. The SMILES string of the molecule is C=CCCCCC(=O)N(C[C@@H]1CCCO1)[C@@H]1CC(C(=O)NCCO)=C[C@H](Oc2c(I)cc(CO)cc2OC)[C@H]1O. The standard InChI is InChI=1S/C29H41IN2O8/c1-3-4-5-6-9-26(35)32(17-21-8-7-12-39-21)23-15-20(29(37)31-10-11-33)16-24(27(23)36)40-28-22(30)13-19(18-34)14-25(28)38-2/h3,13-14,16,21,23-24,27,33-34,36H,1,4-12,15,17-18H2,2H3,(H,31,37)/t21-,23+,24-,27-/m0/s1. The summed E-state index contributed by atoms with van der Waals surface area (Å²) in [4.78, 5) is 28.3. The largest absolute Gasteiger partial charge is 0.493 e. The Morgan fingerprint density at radius 3 is 2.75 bits per heavy atom. The molecule has 4 atom stereocenters. The molecule has 0 unspecified atom stereocenters. The number of carbonyl (C=O) groups is 2. The summed E-state index contributed by atoms with van der Waals surface area (Å²) in [5.41, 5.74) is 0.992. The van der Waals surface area contributed by atoms with Crippen LogP contribution in [-0.4, -0.2) is 89.8 Å². The van der Waals surface area contributed by atoms with Crippen LogP contribution in [0.2, 0.25) is 0 Å². The van der Waals surface area contributed by atoms with Crippen LogP contribution in [0.5, 0.6) is 11.5 Å². The van der Waals surface area contributed by atoms with Crippen LogP contribution in [0.3, 0.4) is 0 Å². The molecule has 11 heteroatoms. The zero-order valence-corrected chi connectivity index (χ0v) is 25.2. The van der Waals surface area contributed by atoms with E-state index >= 15 is 0 Å². The molecule has 4 N–H and O–H groups in total. The second kappa shape index (κ2) is 16.3. The van der Waals surface area contributed by atoms with Crippen molar-refractivity contribution >= 4 is 34.4 Å². The number of aliphatic hydroxyl groups excluding tert-OH is 3. The zero-order chi connectivity index (χ0) is 29.1. The van der Waals surface area contributed by atoms with E-state index in [0.717, 1.165) is 25.7 Å². The van der Waals surface area contributed by atoms with Crippen LogP contribution < -0.4 is 14.8 Å². The number of benzene rings is 1. The minimum atomic E-state index is -1.15. The summed E-state index contributed by atoms with van der Waals surface area (Å²) in [7, 11) is 1.48. The molecule has 0 spiro atoms. The van der Waals surface area contributed by atoms with Gasteiger partial charge in [-0.2, -0.15) is 0 Å². The highest BCUT2D eigenvalue weighted by atomic mass is 127. The molecule has 2 amide bonds. The summed E-state index contributed by atoms with van der Waals surface area (Å²) >= 11 is 2.07. The molecule has 1 heterocycles. The first kappa shape index (κ1) is 32.3. The summed E-state index contributed by atoms with van der Waals surface area (Å²) in [6.45, 7) is 4.36. The minimum absolute atomic E-state index is 0.0745. The summed E-state index contributed by atoms with van der Waals surface area (Å²) in [5.74, 6) is 0.225. The van der Waals surface area contributed by atoms with E-state index in [1.165, 1.54) is 7.11 Å². The first-order valence-corrected chi connectivity index (χ1v) is 14.8. The number of nitrogens with one attached hydrogen (secondary N) is 1. The average molecular weight is 673 g/mol. The van der Waals surface area contributed by atoms with Crippen LogP contribution in [0.15, 0.2) is 36.4 Å². The van der Waals surface area contributed by atoms with Gasteiger partial charge >= 0.3 is 0 Å². The van der Waals surface area contributed by atoms with Crippen molar-refractivity contribution in [2.24, 2.45) is 0 Å². The van der Waals surface area contributed by atoms with Crippen molar-refractivity contribution in [3.05, 3.63) is 45.6 Å². The van der Waals surface area contributed by atoms with Gasteiger partial charge in [0.1, 0.15) is 12.2 Å². The van der Waals surface area contributed by atoms with Crippen molar-refractivity contribution < 1.29 is 39.1 Å². The van der Waals surface area contributed by atoms with E-state index in [0.29, 0.717) is 52.2 Å². The zero-order valence-electron chi connectivity index (χ0n) is 23.0. The van der Waals surface area contributed by atoms with Crippen LogP contribution >= 0.6 is 22.6 Å². The Bertz CT molecular complexity index is 1040. The molecule has 40 heavy (non-hydrogen) atoms. The first-order chi connectivity index (χ1) is 19.3. The molecule has 1 aliphatic carbocycles. The normalized spacial score (nSPS) is 22.4. The van der Waals surface area contributed by atoms with Gasteiger partial charge in [-0.3, -0.25) is 9.59 Å². The number of nitrogens with zero attached hydrogens (tertiary/aromatic N) is 1. The molecule has 2 aliphatic rings. The molecule has 0 radical (unpaired) electrons. The third-order valence-corrected chi connectivity index (χ3v) is 7.94. The monoisotopic (exact) mass is 672 g/mol. The fraction of sp³-hybridized carbons (Fsp3) is 0.586. The maximum atomic E-state index is 13.6. The Morgan fingerprint density at radius 1 is 1.30 bits per heavy atom. The van der Waals surface area contributed by atoms with Crippen LogP contribution in [0.4, 0.5) is 0 Å². The smallest absolute Gasteiger partial charge is 0.247 e. The van der Waals surface area contributed by atoms with Crippen molar-refractivity contribution in [3.63, 3.8) is 0 Å². The van der Waals surface area contributed by atoms with Gasteiger partial charge in [0.25, 0.3) is 0 Å². The fourth-order valence-corrected chi connectivity index (χ4v) is 5.83. The molecule has 1 aliphatic heterocycles. The number of unbranched alkanes of at least 4 members (excludes halogenated alkanes) is 2. The highest BCUT2D eigenvalue weighted by Crippen LogP contribution is 2.37. The summed E-state index contributed by atoms with van der Waals surface area (Å²) in [5, 5.41) is 33.1. The van der Waals surface area contributed by atoms with E-state index in [9.17, 15) is 24.9 Å². The second-order valence-corrected chi connectivity index (χ2v) is 11.2. The predicted molar refractivity (Wildman–Crippen MR) is 158 cm³/mol. The van der Waals surface area contributed by atoms with Gasteiger partial charge in [-0.15, -0.1) is 6.58 Å². The van der Waals surface area contributed by atoms with Gasteiger partial charge < -0.3 is 39.7 Å². The first-order valence-electron chi connectivity index (χ1n) is 13.8. The fourth-order valence-electron chi connectivity index (χ4n) is 5.03.